The lowest BCUT2D eigenvalue weighted by Gasteiger charge is -2.11. The van der Waals surface area contributed by atoms with Crippen LogP contribution >= 0.6 is 34.5 Å². The summed E-state index contributed by atoms with van der Waals surface area (Å²) < 4.78 is 5.44. The number of rotatable bonds is 6. The molecule has 0 radical (unpaired) electrons. The topological polar surface area (TPSA) is 110 Å². The molecule has 0 spiro atoms. The number of nitrogens with zero attached hydrogens (tertiary/aromatic N) is 2. The maximum atomic E-state index is 12.2. The van der Waals surface area contributed by atoms with Crippen molar-refractivity contribution in [2.45, 2.75) is 6.92 Å². The van der Waals surface area contributed by atoms with Crippen LogP contribution < -0.4 is 15.8 Å². The van der Waals surface area contributed by atoms with Crippen LogP contribution in [0.25, 0.3) is 21.5 Å². The molecule has 1 aromatic carbocycles. The Morgan fingerprint density at radius 3 is 2.78 bits per heavy atom. The van der Waals surface area contributed by atoms with Crippen LogP contribution in [0.4, 0.5) is 5.95 Å². The molecule has 1 amide bonds. The van der Waals surface area contributed by atoms with Crippen molar-refractivity contribution in [1.82, 2.24) is 15.3 Å². The molecule has 0 aliphatic carbocycles. The summed E-state index contributed by atoms with van der Waals surface area (Å²) in [5, 5.41) is 13.0. The summed E-state index contributed by atoms with van der Waals surface area (Å²) in [6.45, 7) is 2.29. The number of thiophene rings is 1. The van der Waals surface area contributed by atoms with Crippen molar-refractivity contribution in [1.29, 1.82) is 0 Å². The Kier molecular flexibility index (Phi) is 6.01. The number of anilines is 1. The number of nitrogen functional groups attached to an aromatic ring is 1. The molecule has 10 heteroatoms. The third kappa shape index (κ3) is 4.08. The Balaban J connectivity index is 2.17. The van der Waals surface area contributed by atoms with Gasteiger partial charge in [0.2, 0.25) is 5.95 Å². The highest BCUT2D eigenvalue weighted by Gasteiger charge is 2.19. The number of ether oxygens (including phenoxy) is 1. The van der Waals surface area contributed by atoms with Gasteiger partial charge in [-0.1, -0.05) is 23.2 Å². The summed E-state index contributed by atoms with van der Waals surface area (Å²) in [7, 11) is 0. The normalized spacial score (nSPS) is 11.0. The quantitative estimate of drug-likeness (QED) is 0.557. The van der Waals surface area contributed by atoms with Crippen molar-refractivity contribution in [3.05, 3.63) is 33.1 Å². The van der Waals surface area contributed by atoms with E-state index in [-0.39, 0.29) is 25.1 Å². The molecule has 0 saturated heterocycles. The maximum absolute atomic E-state index is 12.2. The van der Waals surface area contributed by atoms with E-state index in [1.54, 1.807) is 12.1 Å². The molecular formula is C17H16Cl2N4O3S. The largest absolute Gasteiger partial charge is 0.490 e. The van der Waals surface area contributed by atoms with E-state index in [0.29, 0.717) is 48.7 Å². The number of fused-ring (bicyclic) bond motifs is 1. The fourth-order valence-corrected chi connectivity index (χ4v) is 3.96. The molecule has 3 rings (SSSR count). The molecule has 0 unspecified atom stereocenters. The molecule has 27 heavy (non-hydrogen) atoms. The van der Waals surface area contributed by atoms with Gasteiger partial charge in [0.05, 0.1) is 27.2 Å². The van der Waals surface area contributed by atoms with E-state index < -0.39 is 0 Å². The fourth-order valence-electron chi connectivity index (χ4n) is 2.48. The molecule has 7 nitrogen and oxygen atoms in total. The van der Waals surface area contributed by atoms with Gasteiger partial charge in [0, 0.05) is 17.5 Å². The average molecular weight is 427 g/mol. The first-order valence-electron chi connectivity index (χ1n) is 8.03. The van der Waals surface area contributed by atoms with Gasteiger partial charge >= 0.3 is 0 Å². The summed E-state index contributed by atoms with van der Waals surface area (Å²) >= 11 is 13.7. The number of hydrogen-bond donors (Lipinski definition) is 3. The van der Waals surface area contributed by atoms with Gasteiger partial charge in [0.25, 0.3) is 5.91 Å². The summed E-state index contributed by atoms with van der Waals surface area (Å²) in [6, 6.07) is 4.87. The molecular weight excluding hydrogens is 411 g/mol. The van der Waals surface area contributed by atoms with Crippen LogP contribution in [0.2, 0.25) is 10.0 Å². The third-order valence-corrected chi connectivity index (χ3v) is 5.23. The van der Waals surface area contributed by atoms with E-state index in [9.17, 15) is 4.79 Å². The number of amides is 1. The molecule has 0 fully saturated rings. The maximum Gasteiger partial charge on any atom is 0.261 e. The number of carbonyl (C=O) groups excluding carboxylic acids is 1. The average Bonchev–Trinajstić information content (AvgIpc) is 3.05. The Bertz CT molecular complexity index is 1010. The smallest absolute Gasteiger partial charge is 0.261 e. The van der Waals surface area contributed by atoms with Crippen LogP contribution in [-0.2, 0) is 0 Å². The van der Waals surface area contributed by atoms with Gasteiger partial charge in [-0.3, -0.25) is 4.79 Å². The molecule has 142 valence electrons. The highest BCUT2D eigenvalue weighted by molar-refractivity contribution is 7.20. The van der Waals surface area contributed by atoms with E-state index in [2.05, 4.69) is 15.3 Å². The first kappa shape index (κ1) is 19.6. The number of halogens is 2. The number of carbonyl (C=O) groups is 1. The first-order chi connectivity index (χ1) is 12.9. The number of nitrogens with one attached hydrogen (secondary N) is 1. The van der Waals surface area contributed by atoms with E-state index in [0.717, 1.165) is 0 Å². The number of nitrogens with two attached hydrogens (primary N) is 1. The summed E-state index contributed by atoms with van der Waals surface area (Å²) in [6.07, 6.45) is 0. The molecule has 2 heterocycles. The minimum atomic E-state index is -0.195. The van der Waals surface area contributed by atoms with Crippen LogP contribution in [0, 0.1) is 0 Å². The molecule has 0 atom stereocenters. The molecule has 0 aliphatic heterocycles. The standard InChI is InChI=1S/C17H16Cl2N4O3S/c1-2-21-15(25)13-6-9-14(22-17(20)23-16(9)27-13)8-5-12(26-4-3-24)11(19)7-10(8)18/h5-7,24H,2-4H2,1H3,(H,21,25)(H2,20,22,23). The number of benzene rings is 1. The zero-order valence-electron chi connectivity index (χ0n) is 14.3. The number of aliphatic hydroxyl groups excluding tert-OH is 1. The van der Waals surface area contributed by atoms with Crippen molar-refractivity contribution in [2.75, 3.05) is 25.5 Å². The Labute approximate surface area is 169 Å². The lowest BCUT2D eigenvalue weighted by Crippen LogP contribution is -2.21. The fraction of sp³-hybridized carbons (Fsp3) is 0.235. The second-order valence-corrected chi connectivity index (χ2v) is 7.30. The van der Waals surface area contributed by atoms with Crippen LogP contribution in [0.5, 0.6) is 5.75 Å². The predicted octanol–water partition coefficient (Wildman–Crippen LogP) is 3.37. The number of aromatic nitrogens is 2. The van der Waals surface area contributed by atoms with Gasteiger partial charge in [-0.25, -0.2) is 9.97 Å². The molecule has 3 aromatic rings. The lowest BCUT2D eigenvalue weighted by molar-refractivity contribution is 0.0960. The molecule has 4 N–H and O–H groups in total. The van der Waals surface area contributed by atoms with Crippen LogP contribution in [0.3, 0.4) is 0 Å². The van der Waals surface area contributed by atoms with Crippen LogP contribution in [-0.4, -0.2) is 40.7 Å². The van der Waals surface area contributed by atoms with Gasteiger partial charge in [0.1, 0.15) is 17.2 Å². The highest BCUT2D eigenvalue weighted by atomic mass is 35.5. The SMILES string of the molecule is CCNC(=O)c1cc2c(-c3cc(OCCO)c(Cl)cc3Cl)nc(N)nc2s1. The van der Waals surface area contributed by atoms with E-state index >= 15 is 0 Å². The summed E-state index contributed by atoms with van der Waals surface area (Å²) in [5.74, 6) is 0.222. The van der Waals surface area contributed by atoms with Crippen LogP contribution in [0.1, 0.15) is 16.6 Å². The second kappa shape index (κ2) is 8.26. The van der Waals surface area contributed by atoms with Gasteiger partial charge in [-0.05, 0) is 25.1 Å². The van der Waals surface area contributed by atoms with Crippen LogP contribution in [0.15, 0.2) is 18.2 Å². The molecule has 0 bridgehead atoms. The van der Waals surface area contributed by atoms with E-state index in [1.165, 1.54) is 17.4 Å². The Morgan fingerprint density at radius 1 is 1.30 bits per heavy atom. The molecule has 0 aliphatic rings. The second-order valence-electron chi connectivity index (χ2n) is 5.45. The minimum Gasteiger partial charge on any atom is -0.490 e. The zero-order chi connectivity index (χ0) is 19.6. The third-order valence-electron chi connectivity index (χ3n) is 3.60. The summed E-state index contributed by atoms with van der Waals surface area (Å²) in [5.41, 5.74) is 6.86. The van der Waals surface area contributed by atoms with Gasteiger partial charge in [-0.2, -0.15) is 0 Å². The Hall–Kier alpha value is -2.13. The number of hydrogen-bond acceptors (Lipinski definition) is 7. The van der Waals surface area contributed by atoms with Gasteiger partial charge < -0.3 is 20.9 Å². The number of aliphatic hydroxyl groups is 1. The van der Waals surface area contributed by atoms with E-state index in [1.807, 2.05) is 6.92 Å². The van der Waals surface area contributed by atoms with Crippen molar-refractivity contribution >= 4 is 56.6 Å². The van der Waals surface area contributed by atoms with Gasteiger partial charge in [0.15, 0.2) is 0 Å². The van der Waals surface area contributed by atoms with Crippen molar-refractivity contribution in [3.63, 3.8) is 0 Å². The minimum absolute atomic E-state index is 0.0608. The monoisotopic (exact) mass is 426 g/mol. The van der Waals surface area contributed by atoms with Crippen molar-refractivity contribution < 1.29 is 14.6 Å². The van der Waals surface area contributed by atoms with Crippen molar-refractivity contribution in [2.24, 2.45) is 0 Å². The highest BCUT2D eigenvalue weighted by Crippen LogP contribution is 2.40. The van der Waals surface area contributed by atoms with Crippen molar-refractivity contribution in [3.8, 4) is 17.0 Å². The van der Waals surface area contributed by atoms with Gasteiger partial charge in [-0.15, -0.1) is 11.3 Å². The predicted molar refractivity (Wildman–Crippen MR) is 108 cm³/mol. The first-order valence-corrected chi connectivity index (χ1v) is 9.60. The zero-order valence-corrected chi connectivity index (χ0v) is 16.6. The Morgan fingerprint density at radius 2 is 2.07 bits per heavy atom. The summed E-state index contributed by atoms with van der Waals surface area (Å²) in [4.78, 5) is 21.8. The molecule has 0 saturated carbocycles. The lowest BCUT2D eigenvalue weighted by atomic mass is 10.1. The molecule has 2 aromatic heterocycles. The van der Waals surface area contributed by atoms with E-state index in [4.69, 9.17) is 38.8 Å².